The Labute approximate surface area is 117 Å². The number of benzene rings is 1. The van der Waals surface area contributed by atoms with Crippen LogP contribution in [0.3, 0.4) is 0 Å². The molecule has 0 aliphatic carbocycles. The van der Waals surface area contributed by atoms with Gasteiger partial charge in [-0.3, -0.25) is 14.2 Å². The van der Waals surface area contributed by atoms with E-state index in [2.05, 4.69) is 10.3 Å². The molecule has 110 valence electrons. The molecule has 0 fully saturated rings. The summed E-state index contributed by atoms with van der Waals surface area (Å²) in [6, 6.07) is 5.22. The first-order valence-electron chi connectivity index (χ1n) is 5.84. The largest absolute Gasteiger partial charge is 0.416 e. The molecule has 2 rings (SSSR count). The Morgan fingerprint density at radius 3 is 2.43 bits per heavy atom. The quantitative estimate of drug-likeness (QED) is 0.941. The highest BCUT2D eigenvalue weighted by Crippen LogP contribution is 2.29. The highest BCUT2D eigenvalue weighted by molar-refractivity contribution is 5.90. The molecule has 5 nitrogen and oxygen atoms in total. The molecule has 1 aromatic heterocycles. The zero-order valence-electron chi connectivity index (χ0n) is 10.6. The Hall–Kier alpha value is -2.64. The van der Waals surface area contributed by atoms with Gasteiger partial charge < -0.3 is 5.32 Å². The number of nitrogens with one attached hydrogen (secondary N) is 1. The summed E-state index contributed by atoms with van der Waals surface area (Å²) in [6.45, 7) is -0.270. The van der Waals surface area contributed by atoms with Gasteiger partial charge in [0.1, 0.15) is 6.54 Å². The van der Waals surface area contributed by atoms with E-state index in [0.717, 1.165) is 28.8 Å². The lowest BCUT2D eigenvalue weighted by Crippen LogP contribution is -2.27. The molecule has 1 amide bonds. The van der Waals surface area contributed by atoms with Crippen LogP contribution in [-0.4, -0.2) is 15.5 Å². The van der Waals surface area contributed by atoms with Gasteiger partial charge in [-0.1, -0.05) is 0 Å². The number of hydrogen-bond donors (Lipinski definition) is 1. The second-order valence-electron chi connectivity index (χ2n) is 4.17. The Bertz CT molecular complexity index is 693. The number of carbonyl (C=O) groups is 1. The molecule has 2 aromatic rings. The standard InChI is InChI=1S/C13H10F3N3O2/c14-13(15,16)9-1-3-10(4-2-9)18-11(20)7-19-8-17-6-5-12(19)21/h1-6,8H,7H2,(H,18,20). The van der Waals surface area contributed by atoms with E-state index in [0.29, 0.717) is 0 Å². The van der Waals surface area contributed by atoms with Crippen LogP contribution in [0.5, 0.6) is 0 Å². The van der Waals surface area contributed by atoms with Crippen LogP contribution in [0.4, 0.5) is 18.9 Å². The van der Waals surface area contributed by atoms with Gasteiger partial charge in [0.25, 0.3) is 5.56 Å². The molecule has 8 heteroatoms. The first-order chi connectivity index (χ1) is 9.86. The first-order valence-corrected chi connectivity index (χ1v) is 5.84. The summed E-state index contributed by atoms with van der Waals surface area (Å²) >= 11 is 0. The summed E-state index contributed by atoms with van der Waals surface area (Å²) < 4.78 is 38.2. The number of aromatic nitrogens is 2. The average molecular weight is 297 g/mol. The predicted octanol–water partition coefficient (Wildman–Crippen LogP) is 1.90. The van der Waals surface area contributed by atoms with Crippen LogP contribution < -0.4 is 10.9 Å². The van der Waals surface area contributed by atoms with Crippen LogP contribution in [0.15, 0.2) is 47.7 Å². The third-order valence-corrected chi connectivity index (χ3v) is 2.60. The van der Waals surface area contributed by atoms with Crippen molar-refractivity contribution in [3.05, 3.63) is 58.8 Å². The zero-order chi connectivity index (χ0) is 15.5. The monoisotopic (exact) mass is 297 g/mol. The molecule has 0 radical (unpaired) electrons. The van der Waals surface area contributed by atoms with Crippen LogP contribution >= 0.6 is 0 Å². The van der Waals surface area contributed by atoms with Crippen molar-refractivity contribution in [1.82, 2.24) is 9.55 Å². The van der Waals surface area contributed by atoms with Gasteiger partial charge in [0, 0.05) is 18.0 Å². The van der Waals surface area contributed by atoms with Crippen molar-refractivity contribution < 1.29 is 18.0 Å². The van der Waals surface area contributed by atoms with E-state index in [1.807, 2.05) is 0 Å². The third kappa shape index (κ3) is 3.91. The fraction of sp³-hybridized carbons (Fsp3) is 0.154. The molecule has 21 heavy (non-hydrogen) atoms. The molecule has 1 aromatic carbocycles. The van der Waals surface area contributed by atoms with Gasteiger partial charge in [-0.2, -0.15) is 13.2 Å². The van der Waals surface area contributed by atoms with Gasteiger partial charge >= 0.3 is 6.18 Å². The van der Waals surface area contributed by atoms with Crippen molar-refractivity contribution >= 4 is 11.6 Å². The van der Waals surface area contributed by atoms with Crippen LogP contribution in [0, 0.1) is 0 Å². The van der Waals surface area contributed by atoms with Gasteiger partial charge in [-0.15, -0.1) is 0 Å². The van der Waals surface area contributed by atoms with Gasteiger partial charge in [-0.25, -0.2) is 4.98 Å². The van der Waals surface area contributed by atoms with Crippen molar-refractivity contribution in [2.24, 2.45) is 0 Å². The fourth-order valence-corrected chi connectivity index (χ4v) is 1.59. The van der Waals surface area contributed by atoms with Crippen molar-refractivity contribution in [1.29, 1.82) is 0 Å². The maximum Gasteiger partial charge on any atom is 0.416 e. The van der Waals surface area contributed by atoms with Gasteiger partial charge in [0.2, 0.25) is 5.91 Å². The second kappa shape index (κ2) is 5.78. The molecular formula is C13H10F3N3O2. The molecule has 0 atom stereocenters. The molecule has 0 saturated heterocycles. The third-order valence-electron chi connectivity index (χ3n) is 2.60. The Morgan fingerprint density at radius 2 is 1.86 bits per heavy atom. The lowest BCUT2D eigenvalue weighted by Gasteiger charge is -2.09. The van der Waals surface area contributed by atoms with E-state index in [4.69, 9.17) is 0 Å². The van der Waals surface area contributed by atoms with Crippen LogP contribution in [0.2, 0.25) is 0 Å². The second-order valence-corrected chi connectivity index (χ2v) is 4.17. The highest BCUT2D eigenvalue weighted by atomic mass is 19.4. The minimum atomic E-state index is -4.43. The van der Waals surface area contributed by atoms with Crippen molar-refractivity contribution in [2.45, 2.75) is 12.7 Å². The number of amides is 1. The number of carbonyl (C=O) groups excluding carboxylic acids is 1. The molecule has 0 saturated carbocycles. The molecule has 0 bridgehead atoms. The molecule has 0 aliphatic heterocycles. The number of nitrogens with zero attached hydrogens (tertiary/aromatic N) is 2. The highest BCUT2D eigenvalue weighted by Gasteiger charge is 2.29. The number of halogens is 3. The maximum absolute atomic E-state index is 12.4. The minimum Gasteiger partial charge on any atom is -0.325 e. The summed E-state index contributed by atoms with van der Waals surface area (Å²) in [5, 5.41) is 2.40. The fourth-order valence-electron chi connectivity index (χ4n) is 1.59. The molecule has 0 aliphatic rings. The van der Waals surface area contributed by atoms with E-state index in [1.54, 1.807) is 0 Å². The van der Waals surface area contributed by atoms with Gasteiger partial charge in [0.15, 0.2) is 0 Å². The smallest absolute Gasteiger partial charge is 0.325 e. The lowest BCUT2D eigenvalue weighted by molar-refractivity contribution is -0.137. The van der Waals surface area contributed by atoms with Crippen LogP contribution in [0.1, 0.15) is 5.56 Å². The Morgan fingerprint density at radius 1 is 1.19 bits per heavy atom. The topological polar surface area (TPSA) is 64.0 Å². The number of rotatable bonds is 3. The maximum atomic E-state index is 12.4. The summed E-state index contributed by atoms with van der Waals surface area (Å²) in [7, 11) is 0. The molecule has 1 heterocycles. The minimum absolute atomic E-state index is 0.213. The van der Waals surface area contributed by atoms with Crippen LogP contribution in [-0.2, 0) is 17.5 Å². The molecule has 0 spiro atoms. The van der Waals surface area contributed by atoms with Crippen molar-refractivity contribution in [3.63, 3.8) is 0 Å². The summed E-state index contributed by atoms with van der Waals surface area (Å²) in [5.41, 5.74) is -0.985. The van der Waals surface area contributed by atoms with E-state index in [1.165, 1.54) is 18.6 Å². The average Bonchev–Trinajstić information content (AvgIpc) is 2.41. The molecule has 0 unspecified atom stereocenters. The molecular weight excluding hydrogens is 287 g/mol. The van der Waals surface area contributed by atoms with E-state index in [-0.39, 0.29) is 12.2 Å². The van der Waals surface area contributed by atoms with E-state index in [9.17, 15) is 22.8 Å². The van der Waals surface area contributed by atoms with Crippen molar-refractivity contribution in [2.75, 3.05) is 5.32 Å². The van der Waals surface area contributed by atoms with E-state index >= 15 is 0 Å². The lowest BCUT2D eigenvalue weighted by atomic mass is 10.2. The van der Waals surface area contributed by atoms with E-state index < -0.39 is 23.2 Å². The first kappa shape index (κ1) is 14.8. The number of alkyl halides is 3. The summed E-state index contributed by atoms with van der Waals surface area (Å²) in [4.78, 5) is 26.8. The number of anilines is 1. The zero-order valence-corrected chi connectivity index (χ0v) is 10.6. The Kier molecular flexibility index (Phi) is 4.06. The normalized spacial score (nSPS) is 11.2. The SMILES string of the molecule is O=C(Cn1cnccc1=O)Nc1ccc(C(F)(F)F)cc1. The summed E-state index contributed by atoms with van der Waals surface area (Å²) in [6.07, 6.45) is -1.92. The Balaban J connectivity index is 2.03. The van der Waals surface area contributed by atoms with Crippen LogP contribution in [0.25, 0.3) is 0 Å². The number of hydrogen-bond acceptors (Lipinski definition) is 3. The predicted molar refractivity (Wildman–Crippen MR) is 68.6 cm³/mol. The molecule has 1 N–H and O–H groups in total. The van der Waals surface area contributed by atoms with Gasteiger partial charge in [0.05, 0.1) is 11.9 Å². The van der Waals surface area contributed by atoms with Crippen molar-refractivity contribution in [3.8, 4) is 0 Å². The summed E-state index contributed by atoms with van der Waals surface area (Å²) in [5.74, 6) is -0.537. The van der Waals surface area contributed by atoms with Gasteiger partial charge in [-0.05, 0) is 24.3 Å².